The van der Waals surface area contributed by atoms with E-state index >= 15 is 0 Å². The van der Waals surface area contributed by atoms with Crippen LogP contribution in [0.25, 0.3) is 0 Å². The Balaban J connectivity index is 1.57. The molecule has 1 aliphatic rings. The van der Waals surface area contributed by atoms with Crippen LogP contribution in [0, 0.1) is 6.92 Å². The summed E-state index contributed by atoms with van der Waals surface area (Å²) in [6.07, 6.45) is -0.309. The van der Waals surface area contributed by atoms with Gasteiger partial charge in [-0.25, -0.2) is 9.59 Å². The average molecular weight is 488 g/mol. The second kappa shape index (κ2) is 10.3. The number of carbonyl (C=O) groups excluding carboxylic acids is 6. The van der Waals surface area contributed by atoms with Crippen molar-refractivity contribution in [2.24, 2.45) is 0 Å². The quantitative estimate of drug-likeness (QED) is 0.334. The lowest BCUT2D eigenvalue weighted by molar-refractivity contribution is -0.147. The summed E-state index contributed by atoms with van der Waals surface area (Å²) >= 11 is 0.817. The maximum absolute atomic E-state index is 12.3. The average Bonchev–Trinajstić information content (AvgIpc) is 3.28. The first kappa shape index (κ1) is 24.6. The first-order chi connectivity index (χ1) is 16.2. The maximum Gasteiger partial charge on any atom is 0.348 e. The zero-order valence-electron chi connectivity index (χ0n) is 18.5. The van der Waals surface area contributed by atoms with Crippen molar-refractivity contribution in [3.05, 3.63) is 51.4 Å². The lowest BCUT2D eigenvalue weighted by atomic mass is 10.1. The standard InChI is InChI=1S/C22H20N2O9S/c1-11-16(21(29)31-2)18(34-17(11)22(30)32-3)23-14(25)10-33-15(26)8-9-24-19(27)12-6-4-5-7-13(12)20(24)28/h4-7H,8-10H2,1-3H3,(H,23,25). The number of rotatable bonds is 8. The summed E-state index contributed by atoms with van der Waals surface area (Å²) in [5.41, 5.74) is 0.786. The van der Waals surface area contributed by atoms with Gasteiger partial charge in [-0.05, 0) is 24.6 Å². The van der Waals surface area contributed by atoms with Crippen LogP contribution in [0.1, 0.15) is 52.7 Å². The van der Waals surface area contributed by atoms with Crippen molar-refractivity contribution < 1.29 is 43.0 Å². The molecule has 12 heteroatoms. The summed E-state index contributed by atoms with van der Waals surface area (Å²) in [5, 5.41) is 2.46. The molecule has 1 N–H and O–H groups in total. The predicted octanol–water partition coefficient (Wildman–Crippen LogP) is 1.80. The van der Waals surface area contributed by atoms with Crippen LogP contribution in [0.15, 0.2) is 24.3 Å². The van der Waals surface area contributed by atoms with Gasteiger partial charge in [0.2, 0.25) is 0 Å². The molecule has 0 fully saturated rings. The number of fused-ring (bicyclic) bond motifs is 1. The van der Waals surface area contributed by atoms with Crippen molar-refractivity contribution in [2.75, 3.05) is 32.7 Å². The van der Waals surface area contributed by atoms with Crippen molar-refractivity contribution in [1.29, 1.82) is 0 Å². The van der Waals surface area contributed by atoms with Crippen LogP contribution < -0.4 is 5.32 Å². The Bertz CT molecular complexity index is 1170. The minimum atomic E-state index is -0.808. The number of esters is 3. The molecule has 1 aromatic heterocycles. The number of hydrogen-bond acceptors (Lipinski definition) is 10. The molecule has 0 aliphatic carbocycles. The SMILES string of the molecule is COC(=O)c1sc(NC(=O)COC(=O)CCN2C(=O)c3ccccc3C2=O)c(C(=O)OC)c1C. The molecule has 0 spiro atoms. The van der Waals surface area contributed by atoms with Crippen LogP contribution in [0.3, 0.4) is 0 Å². The molecular formula is C22H20N2O9S. The Kier molecular flexibility index (Phi) is 7.41. The summed E-state index contributed by atoms with van der Waals surface area (Å²) in [4.78, 5) is 74.1. The molecule has 3 amide bonds. The van der Waals surface area contributed by atoms with Crippen molar-refractivity contribution in [3.8, 4) is 0 Å². The monoisotopic (exact) mass is 488 g/mol. The molecule has 0 unspecified atom stereocenters. The van der Waals surface area contributed by atoms with Crippen molar-refractivity contribution in [1.82, 2.24) is 4.90 Å². The van der Waals surface area contributed by atoms with E-state index in [0.717, 1.165) is 23.3 Å². The Hall–Kier alpha value is -4.06. The molecule has 2 aromatic rings. The summed E-state index contributed by atoms with van der Waals surface area (Å²) < 4.78 is 14.3. The van der Waals surface area contributed by atoms with E-state index in [9.17, 15) is 28.8 Å². The summed E-state index contributed by atoms with van der Waals surface area (Å²) in [7, 11) is 2.33. The first-order valence-electron chi connectivity index (χ1n) is 9.90. The lowest BCUT2D eigenvalue weighted by Crippen LogP contribution is -2.32. The van der Waals surface area contributed by atoms with Crippen LogP contribution in [0.5, 0.6) is 0 Å². The van der Waals surface area contributed by atoms with Gasteiger partial charge in [-0.1, -0.05) is 12.1 Å². The van der Waals surface area contributed by atoms with Crippen molar-refractivity contribution in [2.45, 2.75) is 13.3 Å². The van der Waals surface area contributed by atoms with Gasteiger partial charge in [0.15, 0.2) is 6.61 Å². The number of nitrogens with one attached hydrogen (secondary N) is 1. The summed E-state index contributed by atoms with van der Waals surface area (Å²) in [6.45, 7) is 0.613. The largest absolute Gasteiger partial charge is 0.465 e. The predicted molar refractivity (Wildman–Crippen MR) is 118 cm³/mol. The highest BCUT2D eigenvalue weighted by atomic mass is 32.1. The fourth-order valence-electron chi connectivity index (χ4n) is 3.26. The molecular weight excluding hydrogens is 468 g/mol. The zero-order valence-corrected chi connectivity index (χ0v) is 19.3. The molecule has 11 nitrogen and oxygen atoms in total. The molecule has 3 rings (SSSR count). The number of nitrogens with zero attached hydrogens (tertiary/aromatic N) is 1. The molecule has 0 radical (unpaired) electrons. The van der Waals surface area contributed by atoms with Crippen LogP contribution in [-0.2, 0) is 23.8 Å². The van der Waals surface area contributed by atoms with Gasteiger partial charge in [0.05, 0.1) is 37.3 Å². The second-order valence-corrected chi connectivity index (χ2v) is 8.03. The van der Waals surface area contributed by atoms with E-state index in [-0.39, 0.29) is 45.1 Å². The van der Waals surface area contributed by atoms with Crippen LogP contribution >= 0.6 is 11.3 Å². The molecule has 0 bridgehead atoms. The number of methoxy groups -OCH3 is 2. The molecule has 1 aliphatic heterocycles. The Morgan fingerprint density at radius 3 is 2.12 bits per heavy atom. The van der Waals surface area contributed by atoms with Gasteiger partial charge >= 0.3 is 17.9 Å². The van der Waals surface area contributed by atoms with E-state index in [1.807, 2.05) is 0 Å². The highest BCUT2D eigenvalue weighted by Gasteiger charge is 2.35. The van der Waals surface area contributed by atoms with Gasteiger partial charge in [-0.3, -0.25) is 24.1 Å². The van der Waals surface area contributed by atoms with E-state index in [1.165, 1.54) is 26.2 Å². The number of thiophene rings is 1. The molecule has 178 valence electrons. The molecule has 0 saturated heterocycles. The van der Waals surface area contributed by atoms with Crippen molar-refractivity contribution in [3.63, 3.8) is 0 Å². The Morgan fingerprint density at radius 1 is 0.971 bits per heavy atom. The number of anilines is 1. The molecule has 2 heterocycles. The molecule has 0 atom stereocenters. The number of benzene rings is 1. The van der Waals surface area contributed by atoms with Gasteiger partial charge in [-0.2, -0.15) is 0 Å². The third-order valence-electron chi connectivity index (χ3n) is 4.94. The fraction of sp³-hybridized carbons (Fsp3) is 0.273. The van der Waals surface area contributed by atoms with Gasteiger partial charge in [0.1, 0.15) is 9.88 Å². The summed E-state index contributed by atoms with van der Waals surface area (Å²) in [6, 6.07) is 6.32. The number of carbonyl (C=O) groups is 6. The Morgan fingerprint density at radius 2 is 1.56 bits per heavy atom. The van der Waals surface area contributed by atoms with E-state index in [1.54, 1.807) is 12.1 Å². The second-order valence-electron chi connectivity index (χ2n) is 7.01. The Labute approximate surface area is 197 Å². The molecule has 0 saturated carbocycles. The van der Waals surface area contributed by atoms with Crippen LogP contribution in [0.4, 0.5) is 5.00 Å². The highest BCUT2D eigenvalue weighted by Crippen LogP contribution is 2.34. The maximum atomic E-state index is 12.3. The van der Waals surface area contributed by atoms with Crippen LogP contribution in [0.2, 0.25) is 0 Å². The third kappa shape index (κ3) is 4.81. The van der Waals surface area contributed by atoms with Gasteiger partial charge < -0.3 is 19.5 Å². The number of imide groups is 1. The number of amides is 3. The van der Waals surface area contributed by atoms with Gasteiger partial charge in [-0.15, -0.1) is 11.3 Å². The minimum absolute atomic E-state index is 0.0156. The zero-order chi connectivity index (χ0) is 25.0. The summed E-state index contributed by atoms with van der Waals surface area (Å²) in [5.74, 6) is -4.04. The number of ether oxygens (including phenoxy) is 3. The van der Waals surface area contributed by atoms with Gasteiger partial charge in [0, 0.05) is 6.54 Å². The first-order valence-corrected chi connectivity index (χ1v) is 10.7. The molecule has 34 heavy (non-hydrogen) atoms. The van der Waals surface area contributed by atoms with E-state index in [2.05, 4.69) is 10.1 Å². The molecule has 1 aromatic carbocycles. The third-order valence-corrected chi connectivity index (χ3v) is 6.13. The normalized spacial score (nSPS) is 12.3. The topological polar surface area (TPSA) is 145 Å². The fourth-order valence-corrected chi connectivity index (χ4v) is 4.39. The lowest BCUT2D eigenvalue weighted by Gasteiger charge is -2.13. The van der Waals surface area contributed by atoms with Gasteiger partial charge in [0.25, 0.3) is 17.7 Å². The van der Waals surface area contributed by atoms with Crippen molar-refractivity contribution >= 4 is 52.0 Å². The van der Waals surface area contributed by atoms with E-state index in [0.29, 0.717) is 0 Å². The van der Waals surface area contributed by atoms with E-state index in [4.69, 9.17) is 9.47 Å². The van der Waals surface area contributed by atoms with Crippen LogP contribution in [-0.4, -0.2) is 67.9 Å². The number of hydrogen-bond donors (Lipinski definition) is 1. The highest BCUT2D eigenvalue weighted by molar-refractivity contribution is 7.18. The van der Waals surface area contributed by atoms with E-state index < -0.39 is 42.2 Å². The minimum Gasteiger partial charge on any atom is -0.465 e. The smallest absolute Gasteiger partial charge is 0.348 e.